The Bertz CT molecular complexity index is 12.9. The van der Waals surface area contributed by atoms with E-state index in [1.165, 1.54) is 0 Å². The first kappa shape index (κ1) is 160. The van der Waals surface area contributed by atoms with Crippen LogP contribution in [0.1, 0.15) is 0 Å². The van der Waals surface area contributed by atoms with E-state index in [1.54, 1.807) is 0 Å². The standard InChI is InChI=1S/2In.2Nb.5O.6H/q;;2*+5;5*-2;;;;;;. The zero-order valence-corrected chi connectivity index (χ0v) is 7.33. The second kappa shape index (κ2) is 121. The first-order chi connectivity index (χ1) is 0. The van der Waals surface area contributed by atoms with Gasteiger partial charge in [-0.1, -0.05) is 0 Å². The third-order valence-electron chi connectivity index (χ3n) is 0. The Morgan fingerprint density at radius 1 is 0.333 bits per heavy atom. The smallest absolute Gasteiger partial charge is 2.00 e. The van der Waals surface area contributed by atoms with Crippen LogP contribution >= 0.6 is 0 Å². The molecule has 0 bridgehead atoms. The quantitative estimate of drug-likeness (QED) is 0.313. The van der Waals surface area contributed by atoms with Gasteiger partial charge in [-0.15, -0.1) is 0 Å². The van der Waals surface area contributed by atoms with E-state index >= 15 is 0 Å². The summed E-state index contributed by atoms with van der Waals surface area (Å²) >= 11 is 0. The topological polar surface area (TPSA) is 142 Å². The summed E-state index contributed by atoms with van der Waals surface area (Å²) < 4.78 is 0. The zero-order chi connectivity index (χ0) is 0. The molecule has 0 aliphatic rings. The van der Waals surface area contributed by atoms with Crippen molar-refractivity contribution in [1.29, 1.82) is 0 Å². The molecular weight excluding hydrogens is 495 g/mol. The average molecular weight is 501 g/mol. The largest absolute Gasteiger partial charge is 5.00 e. The molecule has 0 aliphatic carbocycles. The Labute approximate surface area is 122 Å². The normalized spacial score (nSPS) is 0. The van der Waals surface area contributed by atoms with Crippen LogP contribution in [0.15, 0.2) is 0 Å². The van der Waals surface area contributed by atoms with Gasteiger partial charge in [0.2, 0.25) is 0 Å². The van der Waals surface area contributed by atoms with Crippen molar-refractivity contribution in [3.05, 3.63) is 0 Å². The van der Waals surface area contributed by atoms with Crippen molar-refractivity contribution in [3.63, 3.8) is 0 Å². The summed E-state index contributed by atoms with van der Waals surface area (Å²) in [5.74, 6) is 0. The molecule has 0 saturated heterocycles. The van der Waals surface area contributed by atoms with E-state index in [0.29, 0.717) is 0 Å². The Balaban J connectivity index is 0. The van der Waals surface area contributed by atoms with Gasteiger partial charge in [-0.05, 0) is 0 Å². The van der Waals surface area contributed by atoms with Gasteiger partial charge >= 0.3 is 96.4 Å². The molecule has 0 unspecified atom stereocenters. The van der Waals surface area contributed by atoms with Crippen LogP contribution in [0.25, 0.3) is 0 Å². The summed E-state index contributed by atoms with van der Waals surface area (Å²) in [6, 6.07) is 0. The molecule has 0 aromatic heterocycles. The van der Waals surface area contributed by atoms with Crippen molar-refractivity contribution in [2.75, 3.05) is 0 Å². The van der Waals surface area contributed by atoms with Gasteiger partial charge in [0.25, 0.3) is 0 Å². The zero-order valence-electron chi connectivity index (χ0n) is 2.94. The van der Waals surface area contributed by atoms with Crippen LogP contribution in [0.2, 0.25) is 0 Å². The van der Waals surface area contributed by atoms with Gasteiger partial charge in [-0.25, -0.2) is 0 Å². The summed E-state index contributed by atoms with van der Waals surface area (Å²) in [5, 5.41) is 0. The van der Waals surface area contributed by atoms with Gasteiger partial charge in [-0.3, -0.25) is 0 Å². The Hall–Kier alpha value is 3.02. The monoisotopic (exact) mass is 502 g/mol. The van der Waals surface area contributed by atoms with Gasteiger partial charge in [0.05, 0.1) is 0 Å². The Kier molecular flexibility index (Phi) is 2160. The van der Waals surface area contributed by atoms with Crippen LogP contribution in [0.3, 0.4) is 0 Å². The fourth-order valence-electron chi connectivity index (χ4n) is 0. The third-order valence-corrected chi connectivity index (χ3v) is 0. The summed E-state index contributed by atoms with van der Waals surface area (Å²) in [4.78, 5) is 0. The van der Waals surface area contributed by atoms with Gasteiger partial charge in [0.1, 0.15) is 0 Å². The van der Waals surface area contributed by atoms with Gasteiger partial charge in [0, 0.05) is 0 Å². The second-order valence-electron chi connectivity index (χ2n) is 0. The summed E-state index contributed by atoms with van der Waals surface area (Å²) in [6.45, 7) is 0. The summed E-state index contributed by atoms with van der Waals surface area (Å²) in [6.07, 6.45) is 0. The van der Waals surface area contributed by atoms with Gasteiger partial charge < -0.3 is 27.4 Å². The molecule has 0 saturated carbocycles. The predicted molar refractivity (Wildman–Crippen MR) is 23.3 cm³/mol. The Morgan fingerprint density at radius 3 is 0.333 bits per heavy atom. The van der Waals surface area contributed by atoms with E-state index in [1.807, 2.05) is 0 Å². The SMILES string of the molecule is [InH3].[InH3].[Nb+5].[Nb+5].[O-2].[O-2].[O-2].[O-2].[O-2]. The fraction of sp³-hybridized carbons (Fsp3) is 0. The van der Waals surface area contributed by atoms with Crippen LogP contribution in [0.5, 0.6) is 0 Å². The summed E-state index contributed by atoms with van der Waals surface area (Å²) in [7, 11) is 0. The maximum absolute atomic E-state index is 0. The minimum Gasteiger partial charge on any atom is -2.00 e. The van der Waals surface area contributed by atoms with Crippen LogP contribution in [0, 0.1) is 0 Å². The molecule has 0 radical (unpaired) electrons. The molecule has 0 fully saturated rings. The van der Waals surface area contributed by atoms with Crippen molar-refractivity contribution in [2.45, 2.75) is 0 Å². The molecule has 0 atom stereocenters. The molecule has 0 aromatic rings. The molecule has 0 aliphatic heterocycles. The van der Waals surface area contributed by atoms with E-state index in [2.05, 4.69) is 0 Å². The van der Waals surface area contributed by atoms with E-state index in [4.69, 9.17) is 0 Å². The molecule has 5 nitrogen and oxygen atoms in total. The first-order valence-corrected chi connectivity index (χ1v) is 0. The van der Waals surface area contributed by atoms with Crippen molar-refractivity contribution in [1.82, 2.24) is 0 Å². The van der Waals surface area contributed by atoms with Crippen LogP contribution in [-0.4, -0.2) is 51.7 Å². The first-order valence-electron chi connectivity index (χ1n) is 0. The molecule has 0 N–H and O–H groups in total. The van der Waals surface area contributed by atoms with Crippen molar-refractivity contribution in [2.24, 2.45) is 0 Å². The van der Waals surface area contributed by atoms with Crippen LogP contribution in [0.4, 0.5) is 0 Å². The van der Waals surface area contributed by atoms with E-state index < -0.39 is 0 Å². The maximum Gasteiger partial charge on any atom is 5.00 e. The number of hydrogen-bond acceptors (Lipinski definition) is 0. The molecule has 0 aromatic carbocycles. The predicted octanol–water partition coefficient (Wildman–Crippen LogP) is -2.97. The fourth-order valence-corrected chi connectivity index (χ4v) is 0. The van der Waals surface area contributed by atoms with Crippen molar-refractivity contribution >= 4 is 51.7 Å². The maximum atomic E-state index is 0. The number of rotatable bonds is 0. The van der Waals surface area contributed by atoms with E-state index in [-0.39, 0.29) is 124 Å². The van der Waals surface area contributed by atoms with Gasteiger partial charge in [-0.2, -0.15) is 0 Å². The minimum atomic E-state index is 0. The van der Waals surface area contributed by atoms with Crippen LogP contribution < -0.4 is 0 Å². The molecule has 0 spiro atoms. The molecule has 52 valence electrons. The molecule has 9 heteroatoms. The molecular formula is H6In2Nb2O5. The van der Waals surface area contributed by atoms with E-state index in [0.717, 1.165) is 0 Å². The second-order valence-corrected chi connectivity index (χ2v) is 0. The Morgan fingerprint density at radius 2 is 0.333 bits per heavy atom. The third kappa shape index (κ3) is 98.3. The number of hydrogen-bond donors (Lipinski definition) is 0. The van der Waals surface area contributed by atoms with E-state index in [9.17, 15) is 0 Å². The average Bonchev–Trinajstić information content (AvgIpc) is 0. The molecule has 0 amide bonds. The summed E-state index contributed by atoms with van der Waals surface area (Å²) in [5.41, 5.74) is 0. The van der Waals surface area contributed by atoms with Crippen molar-refractivity contribution < 1.29 is 72.1 Å². The van der Waals surface area contributed by atoms with Gasteiger partial charge in [0.15, 0.2) is 0 Å². The molecule has 9 heavy (non-hydrogen) atoms. The molecule has 0 rings (SSSR count). The van der Waals surface area contributed by atoms with Crippen LogP contribution in [-0.2, 0) is 72.1 Å². The minimum absolute atomic E-state index is 0. The van der Waals surface area contributed by atoms with Crippen molar-refractivity contribution in [3.8, 4) is 0 Å². The molecule has 0 heterocycles.